The predicted octanol–water partition coefficient (Wildman–Crippen LogP) is 1.97. The zero-order valence-electron chi connectivity index (χ0n) is 10.00. The van der Waals surface area contributed by atoms with Crippen molar-refractivity contribution in [2.24, 2.45) is 0 Å². The number of carbonyl (C=O) groups excluding carboxylic acids is 1. The first-order valence-corrected chi connectivity index (χ1v) is 5.50. The topological polar surface area (TPSA) is 87.2 Å². The van der Waals surface area contributed by atoms with Gasteiger partial charge in [-0.2, -0.15) is 5.26 Å². The van der Waals surface area contributed by atoms with Gasteiger partial charge in [0, 0.05) is 30.8 Å². The maximum absolute atomic E-state index is 12.1. The lowest BCUT2D eigenvalue weighted by atomic mass is 10.1. The summed E-state index contributed by atoms with van der Waals surface area (Å²) in [6, 6.07) is 7.56. The summed E-state index contributed by atoms with van der Waals surface area (Å²) in [5.41, 5.74) is 0.154. The van der Waals surface area contributed by atoms with Gasteiger partial charge in [-0.1, -0.05) is 6.07 Å². The minimum atomic E-state index is -0.539. The first-order valence-electron chi connectivity index (χ1n) is 5.50. The third kappa shape index (κ3) is 3.28. The van der Waals surface area contributed by atoms with E-state index in [1.807, 2.05) is 6.07 Å². The summed E-state index contributed by atoms with van der Waals surface area (Å²) < 4.78 is 0. The molecule has 0 aliphatic carbocycles. The Labute approximate surface area is 105 Å². The highest BCUT2D eigenvalue weighted by Crippen LogP contribution is 2.14. The molecule has 6 nitrogen and oxygen atoms in total. The van der Waals surface area contributed by atoms with E-state index in [2.05, 4.69) is 0 Å². The summed E-state index contributed by atoms with van der Waals surface area (Å²) in [4.78, 5) is 23.6. The average molecular weight is 247 g/mol. The molecular formula is C12H13N3O3. The molecule has 1 aromatic rings. The zero-order chi connectivity index (χ0) is 13.5. The quantitative estimate of drug-likeness (QED) is 0.587. The molecule has 0 saturated heterocycles. The average Bonchev–Trinajstić information content (AvgIpc) is 2.39. The smallest absolute Gasteiger partial charge is 0.270 e. The van der Waals surface area contributed by atoms with E-state index in [0.29, 0.717) is 13.1 Å². The Morgan fingerprint density at radius 1 is 1.56 bits per heavy atom. The molecule has 0 aliphatic heterocycles. The summed E-state index contributed by atoms with van der Waals surface area (Å²) in [5, 5.41) is 19.1. The van der Waals surface area contributed by atoms with Crippen molar-refractivity contribution in [3.8, 4) is 6.07 Å². The lowest BCUT2D eigenvalue weighted by molar-refractivity contribution is -0.384. The van der Waals surface area contributed by atoms with Gasteiger partial charge >= 0.3 is 0 Å². The van der Waals surface area contributed by atoms with Crippen LogP contribution in [0.15, 0.2) is 24.3 Å². The molecule has 0 atom stereocenters. The van der Waals surface area contributed by atoms with Crippen molar-refractivity contribution in [3.63, 3.8) is 0 Å². The third-order valence-electron chi connectivity index (χ3n) is 2.47. The van der Waals surface area contributed by atoms with Crippen LogP contribution in [0.2, 0.25) is 0 Å². The molecule has 94 valence electrons. The van der Waals surface area contributed by atoms with Crippen molar-refractivity contribution < 1.29 is 9.72 Å². The largest absolute Gasteiger partial charge is 0.338 e. The molecule has 18 heavy (non-hydrogen) atoms. The Balaban J connectivity index is 2.91. The van der Waals surface area contributed by atoms with Gasteiger partial charge in [-0.25, -0.2) is 0 Å². The number of non-ortho nitro benzene ring substituents is 1. The number of nitriles is 1. The molecule has 0 unspecified atom stereocenters. The van der Waals surface area contributed by atoms with Crippen LogP contribution in [0.4, 0.5) is 5.69 Å². The highest BCUT2D eigenvalue weighted by molar-refractivity contribution is 5.94. The molecule has 1 amide bonds. The standard InChI is InChI=1S/C12H13N3O3/c1-2-14(8-4-7-13)12(16)10-5-3-6-11(9-10)15(17)18/h3,5-6,9H,2,4,8H2,1H3. The van der Waals surface area contributed by atoms with Gasteiger partial charge in [0.2, 0.25) is 0 Å². The zero-order valence-corrected chi connectivity index (χ0v) is 10.00. The van der Waals surface area contributed by atoms with E-state index in [-0.39, 0.29) is 23.6 Å². The van der Waals surface area contributed by atoms with Gasteiger partial charge in [0.1, 0.15) is 0 Å². The molecule has 0 bridgehead atoms. The Bertz CT molecular complexity index is 494. The number of nitro benzene ring substituents is 1. The maximum atomic E-state index is 12.1. The molecule has 0 spiro atoms. The Kier molecular flexibility index (Phi) is 4.81. The van der Waals surface area contributed by atoms with E-state index in [0.717, 1.165) is 0 Å². The second kappa shape index (κ2) is 6.35. The van der Waals surface area contributed by atoms with Crippen LogP contribution in [0, 0.1) is 21.4 Å². The minimum Gasteiger partial charge on any atom is -0.338 e. The number of nitro groups is 1. The number of amides is 1. The second-order valence-corrected chi connectivity index (χ2v) is 3.60. The fourth-order valence-corrected chi connectivity index (χ4v) is 1.52. The van der Waals surface area contributed by atoms with E-state index in [1.54, 1.807) is 6.92 Å². The molecule has 6 heteroatoms. The highest BCUT2D eigenvalue weighted by atomic mass is 16.6. The van der Waals surface area contributed by atoms with Gasteiger partial charge in [0.15, 0.2) is 0 Å². The van der Waals surface area contributed by atoms with Crippen LogP contribution < -0.4 is 0 Å². The fourth-order valence-electron chi connectivity index (χ4n) is 1.52. The van der Waals surface area contributed by atoms with Crippen LogP contribution in [0.25, 0.3) is 0 Å². The monoisotopic (exact) mass is 247 g/mol. The van der Waals surface area contributed by atoms with E-state index < -0.39 is 4.92 Å². The van der Waals surface area contributed by atoms with Crippen molar-refractivity contribution in [2.75, 3.05) is 13.1 Å². The molecule has 0 aromatic heterocycles. The van der Waals surface area contributed by atoms with Crippen LogP contribution in [-0.2, 0) is 0 Å². The summed E-state index contributed by atoms with van der Waals surface area (Å²) in [5.74, 6) is -0.295. The molecule has 0 aliphatic rings. The number of hydrogen-bond acceptors (Lipinski definition) is 4. The Morgan fingerprint density at radius 2 is 2.28 bits per heavy atom. The van der Waals surface area contributed by atoms with Crippen molar-refractivity contribution >= 4 is 11.6 Å². The minimum absolute atomic E-state index is 0.114. The molecule has 0 N–H and O–H groups in total. The van der Waals surface area contributed by atoms with Crippen molar-refractivity contribution in [2.45, 2.75) is 13.3 Å². The van der Waals surface area contributed by atoms with Gasteiger partial charge < -0.3 is 4.90 Å². The first-order chi connectivity index (χ1) is 8.60. The normalized spacial score (nSPS) is 9.56. The number of benzene rings is 1. The Morgan fingerprint density at radius 3 is 2.83 bits per heavy atom. The molecule has 1 rings (SSSR count). The second-order valence-electron chi connectivity index (χ2n) is 3.60. The number of hydrogen-bond donors (Lipinski definition) is 0. The van der Waals surface area contributed by atoms with Crippen LogP contribution in [0.1, 0.15) is 23.7 Å². The van der Waals surface area contributed by atoms with Crippen LogP contribution >= 0.6 is 0 Å². The number of rotatable bonds is 5. The van der Waals surface area contributed by atoms with Gasteiger partial charge in [-0.15, -0.1) is 0 Å². The number of carbonyl (C=O) groups is 1. The van der Waals surface area contributed by atoms with Gasteiger partial charge in [-0.3, -0.25) is 14.9 Å². The van der Waals surface area contributed by atoms with Gasteiger partial charge in [0.25, 0.3) is 11.6 Å². The van der Waals surface area contributed by atoms with Gasteiger partial charge in [-0.05, 0) is 13.0 Å². The van der Waals surface area contributed by atoms with Gasteiger partial charge in [0.05, 0.1) is 17.4 Å². The molecule has 0 heterocycles. The molecule has 0 saturated carbocycles. The van der Waals surface area contributed by atoms with E-state index in [9.17, 15) is 14.9 Å². The molecular weight excluding hydrogens is 234 g/mol. The molecule has 0 radical (unpaired) electrons. The summed E-state index contributed by atoms with van der Waals surface area (Å²) in [6.07, 6.45) is 0.245. The maximum Gasteiger partial charge on any atom is 0.270 e. The number of nitrogens with zero attached hydrogens (tertiary/aromatic N) is 3. The van der Waals surface area contributed by atoms with Crippen LogP contribution in [-0.4, -0.2) is 28.8 Å². The predicted molar refractivity (Wildman–Crippen MR) is 64.9 cm³/mol. The molecule has 1 aromatic carbocycles. The van der Waals surface area contributed by atoms with E-state index in [4.69, 9.17) is 5.26 Å². The fraction of sp³-hybridized carbons (Fsp3) is 0.333. The van der Waals surface area contributed by atoms with Crippen LogP contribution in [0.3, 0.4) is 0 Å². The lowest BCUT2D eigenvalue weighted by Crippen LogP contribution is -2.31. The Hall–Kier alpha value is -2.42. The van der Waals surface area contributed by atoms with E-state index >= 15 is 0 Å². The summed E-state index contributed by atoms with van der Waals surface area (Å²) in [7, 11) is 0. The first kappa shape index (κ1) is 13.6. The van der Waals surface area contributed by atoms with Crippen molar-refractivity contribution in [1.82, 2.24) is 4.90 Å². The highest BCUT2D eigenvalue weighted by Gasteiger charge is 2.16. The van der Waals surface area contributed by atoms with E-state index in [1.165, 1.54) is 29.2 Å². The summed E-state index contributed by atoms with van der Waals surface area (Å²) >= 11 is 0. The van der Waals surface area contributed by atoms with Crippen molar-refractivity contribution in [1.29, 1.82) is 5.26 Å². The summed E-state index contributed by atoms with van der Waals surface area (Å²) in [6.45, 7) is 2.59. The SMILES string of the molecule is CCN(CCC#N)C(=O)c1cccc([N+](=O)[O-])c1. The van der Waals surface area contributed by atoms with Crippen LogP contribution in [0.5, 0.6) is 0 Å². The molecule has 0 fully saturated rings. The van der Waals surface area contributed by atoms with Crippen molar-refractivity contribution in [3.05, 3.63) is 39.9 Å². The third-order valence-corrected chi connectivity index (χ3v) is 2.47. The lowest BCUT2D eigenvalue weighted by Gasteiger charge is -2.19.